The average Bonchev–Trinajstić information content (AvgIpc) is 2.87. The van der Waals surface area contributed by atoms with Gasteiger partial charge in [0.15, 0.2) is 0 Å². The van der Waals surface area contributed by atoms with Crippen molar-refractivity contribution in [2.24, 2.45) is 0 Å². The zero-order valence-electron chi connectivity index (χ0n) is 9.93. The van der Waals surface area contributed by atoms with Crippen LogP contribution in [0.25, 0.3) is 0 Å². The van der Waals surface area contributed by atoms with Crippen molar-refractivity contribution in [3.8, 4) is 0 Å². The van der Waals surface area contributed by atoms with Crippen molar-refractivity contribution in [1.82, 2.24) is 15.1 Å². The fourth-order valence-electron chi connectivity index (χ4n) is 1.63. The quantitative estimate of drug-likeness (QED) is 0.899. The van der Waals surface area contributed by atoms with Gasteiger partial charge in [-0.2, -0.15) is 5.10 Å². The molecule has 0 aromatic carbocycles. The second-order valence-electron chi connectivity index (χ2n) is 3.94. The van der Waals surface area contributed by atoms with Crippen LogP contribution in [0.3, 0.4) is 0 Å². The van der Waals surface area contributed by atoms with Gasteiger partial charge in [-0.1, -0.05) is 6.07 Å². The van der Waals surface area contributed by atoms with E-state index >= 15 is 0 Å². The lowest BCUT2D eigenvalue weighted by Crippen LogP contribution is -2.27. The van der Waals surface area contributed by atoms with Crippen LogP contribution in [0.4, 0.5) is 0 Å². The first-order valence-corrected chi connectivity index (χ1v) is 6.33. The molecule has 0 aliphatic carbocycles. The van der Waals surface area contributed by atoms with Crippen LogP contribution in [0.2, 0.25) is 0 Å². The van der Waals surface area contributed by atoms with Gasteiger partial charge in [-0.15, -0.1) is 11.3 Å². The highest BCUT2D eigenvalue weighted by molar-refractivity contribution is 7.09. The van der Waals surface area contributed by atoms with Crippen molar-refractivity contribution in [3.63, 3.8) is 0 Å². The van der Waals surface area contributed by atoms with Gasteiger partial charge >= 0.3 is 0 Å². The van der Waals surface area contributed by atoms with E-state index in [9.17, 15) is 4.79 Å². The second kappa shape index (κ2) is 5.14. The molecule has 17 heavy (non-hydrogen) atoms. The Bertz CT molecular complexity index is 502. The van der Waals surface area contributed by atoms with Gasteiger partial charge in [0.2, 0.25) is 5.91 Å². The fraction of sp³-hybridized carbons (Fsp3) is 0.333. The third kappa shape index (κ3) is 3.17. The summed E-state index contributed by atoms with van der Waals surface area (Å²) < 4.78 is 1.72. The van der Waals surface area contributed by atoms with E-state index in [4.69, 9.17) is 0 Å². The van der Waals surface area contributed by atoms with Crippen molar-refractivity contribution >= 4 is 17.2 Å². The van der Waals surface area contributed by atoms with Crippen LogP contribution >= 0.6 is 11.3 Å². The first-order chi connectivity index (χ1) is 8.15. The van der Waals surface area contributed by atoms with E-state index in [2.05, 4.69) is 10.4 Å². The SMILES string of the molecule is Cc1cc(C)n(CC(=O)NCc2cccs2)n1. The predicted octanol–water partition coefficient (Wildman–Crippen LogP) is 1.88. The first kappa shape index (κ1) is 11.9. The van der Waals surface area contributed by atoms with E-state index in [0.29, 0.717) is 6.54 Å². The second-order valence-corrected chi connectivity index (χ2v) is 4.97. The minimum absolute atomic E-state index is 0.00963. The van der Waals surface area contributed by atoms with E-state index in [-0.39, 0.29) is 12.5 Å². The number of nitrogens with one attached hydrogen (secondary N) is 1. The number of rotatable bonds is 4. The Morgan fingerprint density at radius 1 is 1.53 bits per heavy atom. The van der Waals surface area contributed by atoms with E-state index in [1.165, 1.54) is 0 Å². The van der Waals surface area contributed by atoms with Gasteiger partial charge in [0, 0.05) is 10.6 Å². The summed E-state index contributed by atoms with van der Waals surface area (Å²) in [6.45, 7) is 4.75. The molecule has 4 nitrogen and oxygen atoms in total. The van der Waals surface area contributed by atoms with E-state index in [1.54, 1.807) is 16.0 Å². The number of thiophene rings is 1. The molecule has 0 saturated heterocycles. The Morgan fingerprint density at radius 3 is 2.94 bits per heavy atom. The molecule has 90 valence electrons. The normalized spacial score (nSPS) is 10.5. The van der Waals surface area contributed by atoms with Crippen LogP contribution in [-0.2, 0) is 17.9 Å². The van der Waals surface area contributed by atoms with Crippen molar-refractivity contribution in [2.45, 2.75) is 26.9 Å². The molecule has 0 aliphatic heterocycles. The minimum atomic E-state index is -0.00963. The van der Waals surface area contributed by atoms with Crippen LogP contribution in [0, 0.1) is 13.8 Å². The molecule has 0 spiro atoms. The maximum absolute atomic E-state index is 11.7. The molecule has 1 N–H and O–H groups in total. The molecule has 2 heterocycles. The topological polar surface area (TPSA) is 46.9 Å². The number of hydrogen-bond acceptors (Lipinski definition) is 3. The molecule has 0 saturated carbocycles. The van der Waals surface area contributed by atoms with Crippen molar-refractivity contribution in [1.29, 1.82) is 0 Å². The van der Waals surface area contributed by atoms with Crippen LogP contribution in [0.15, 0.2) is 23.6 Å². The Labute approximate surface area is 104 Å². The summed E-state index contributed by atoms with van der Waals surface area (Å²) in [4.78, 5) is 12.9. The number of amides is 1. The van der Waals surface area contributed by atoms with E-state index < -0.39 is 0 Å². The number of carbonyl (C=O) groups is 1. The maximum atomic E-state index is 11.7. The monoisotopic (exact) mass is 249 g/mol. The summed E-state index contributed by atoms with van der Waals surface area (Å²) in [6.07, 6.45) is 0. The molecular weight excluding hydrogens is 234 g/mol. The third-order valence-corrected chi connectivity index (χ3v) is 3.31. The Kier molecular flexibility index (Phi) is 3.58. The zero-order chi connectivity index (χ0) is 12.3. The van der Waals surface area contributed by atoms with Gasteiger partial charge in [-0.3, -0.25) is 9.48 Å². The summed E-state index contributed by atoms with van der Waals surface area (Å²) in [5.41, 5.74) is 1.95. The molecule has 5 heteroatoms. The average molecular weight is 249 g/mol. The van der Waals surface area contributed by atoms with Crippen LogP contribution < -0.4 is 5.32 Å². The molecule has 0 unspecified atom stereocenters. The summed E-state index contributed by atoms with van der Waals surface area (Å²) in [5, 5.41) is 9.14. The van der Waals surface area contributed by atoms with Gasteiger partial charge in [0.25, 0.3) is 0 Å². The number of nitrogens with zero attached hydrogens (tertiary/aromatic N) is 2. The number of hydrogen-bond donors (Lipinski definition) is 1. The highest BCUT2D eigenvalue weighted by atomic mass is 32.1. The Morgan fingerprint density at radius 2 is 2.35 bits per heavy atom. The summed E-state index contributed by atoms with van der Waals surface area (Å²) in [6, 6.07) is 5.95. The molecule has 2 aromatic rings. The number of aromatic nitrogens is 2. The largest absolute Gasteiger partial charge is 0.350 e. The number of carbonyl (C=O) groups excluding carboxylic acids is 1. The van der Waals surface area contributed by atoms with Gasteiger partial charge in [0.05, 0.1) is 12.2 Å². The first-order valence-electron chi connectivity index (χ1n) is 5.45. The third-order valence-electron chi connectivity index (χ3n) is 2.44. The molecular formula is C12H15N3OS. The lowest BCUT2D eigenvalue weighted by Gasteiger charge is -2.05. The van der Waals surface area contributed by atoms with Gasteiger partial charge in [-0.25, -0.2) is 0 Å². The van der Waals surface area contributed by atoms with Gasteiger partial charge in [0.1, 0.15) is 6.54 Å². The smallest absolute Gasteiger partial charge is 0.242 e. The molecule has 1 amide bonds. The standard InChI is InChI=1S/C12H15N3OS/c1-9-6-10(2)15(14-9)8-12(16)13-7-11-4-3-5-17-11/h3-6H,7-8H2,1-2H3,(H,13,16). The lowest BCUT2D eigenvalue weighted by molar-refractivity contribution is -0.122. The van der Waals surface area contributed by atoms with E-state index in [0.717, 1.165) is 16.3 Å². The zero-order valence-corrected chi connectivity index (χ0v) is 10.8. The molecule has 0 aliphatic rings. The van der Waals surface area contributed by atoms with Crippen LogP contribution in [-0.4, -0.2) is 15.7 Å². The Balaban J connectivity index is 1.87. The summed E-state index contributed by atoms with van der Waals surface area (Å²) in [5.74, 6) is -0.00963. The molecule has 0 fully saturated rings. The van der Waals surface area contributed by atoms with Gasteiger partial charge < -0.3 is 5.32 Å². The fourth-order valence-corrected chi connectivity index (χ4v) is 2.27. The van der Waals surface area contributed by atoms with Gasteiger partial charge in [-0.05, 0) is 31.4 Å². The summed E-state index contributed by atoms with van der Waals surface area (Å²) >= 11 is 1.64. The van der Waals surface area contributed by atoms with Crippen molar-refractivity contribution < 1.29 is 4.79 Å². The molecule has 0 bridgehead atoms. The maximum Gasteiger partial charge on any atom is 0.242 e. The molecule has 0 atom stereocenters. The van der Waals surface area contributed by atoms with Crippen molar-refractivity contribution in [2.75, 3.05) is 0 Å². The lowest BCUT2D eigenvalue weighted by atomic mass is 10.4. The van der Waals surface area contributed by atoms with Crippen LogP contribution in [0.5, 0.6) is 0 Å². The summed E-state index contributed by atoms with van der Waals surface area (Å²) in [7, 11) is 0. The molecule has 2 rings (SSSR count). The predicted molar refractivity (Wildman–Crippen MR) is 67.9 cm³/mol. The highest BCUT2D eigenvalue weighted by Gasteiger charge is 2.06. The minimum Gasteiger partial charge on any atom is -0.350 e. The van der Waals surface area contributed by atoms with E-state index in [1.807, 2.05) is 37.4 Å². The molecule has 2 aromatic heterocycles. The van der Waals surface area contributed by atoms with Crippen LogP contribution in [0.1, 0.15) is 16.3 Å². The highest BCUT2D eigenvalue weighted by Crippen LogP contribution is 2.07. The van der Waals surface area contributed by atoms with Crippen molar-refractivity contribution in [3.05, 3.63) is 39.8 Å². The number of aryl methyl sites for hydroxylation is 2. The Hall–Kier alpha value is -1.62. The molecule has 0 radical (unpaired) electrons.